The molecule has 1 aliphatic heterocycles. The molecule has 1 saturated heterocycles. The standard InChI is InChI=1S/C13H18ClFN2/c1-9-2-3-17(8-13(9)16)7-10-4-11(14)6-12(15)5-10/h4-6,9,13H,2-3,7-8,16H2,1H3. The van der Waals surface area contributed by atoms with Gasteiger partial charge in [-0.15, -0.1) is 0 Å². The van der Waals surface area contributed by atoms with Crippen molar-refractivity contribution < 1.29 is 4.39 Å². The lowest BCUT2D eigenvalue weighted by molar-refractivity contribution is 0.162. The number of nitrogens with two attached hydrogens (primary N) is 1. The molecule has 0 radical (unpaired) electrons. The van der Waals surface area contributed by atoms with E-state index in [1.807, 2.05) is 6.07 Å². The minimum absolute atomic E-state index is 0.216. The maximum absolute atomic E-state index is 13.2. The lowest BCUT2D eigenvalue weighted by Gasteiger charge is -2.35. The molecular formula is C13H18ClFN2. The third-order valence-corrected chi connectivity index (χ3v) is 3.65. The maximum atomic E-state index is 13.2. The van der Waals surface area contributed by atoms with E-state index in [-0.39, 0.29) is 11.9 Å². The molecule has 2 N–H and O–H groups in total. The summed E-state index contributed by atoms with van der Waals surface area (Å²) >= 11 is 5.84. The minimum atomic E-state index is -0.276. The van der Waals surface area contributed by atoms with Gasteiger partial charge < -0.3 is 5.73 Å². The lowest BCUT2D eigenvalue weighted by atomic mass is 9.94. The average molecular weight is 257 g/mol. The van der Waals surface area contributed by atoms with E-state index in [0.29, 0.717) is 10.9 Å². The Kier molecular flexibility index (Phi) is 4.02. The molecule has 0 aliphatic carbocycles. The van der Waals surface area contributed by atoms with E-state index >= 15 is 0 Å². The summed E-state index contributed by atoms with van der Waals surface area (Å²) in [4.78, 5) is 2.26. The third-order valence-electron chi connectivity index (χ3n) is 3.43. The van der Waals surface area contributed by atoms with Gasteiger partial charge in [-0.3, -0.25) is 4.90 Å². The van der Waals surface area contributed by atoms with Gasteiger partial charge in [0.1, 0.15) is 5.82 Å². The van der Waals surface area contributed by atoms with E-state index < -0.39 is 0 Å². The Labute approximate surface area is 107 Å². The number of piperidine rings is 1. The fourth-order valence-electron chi connectivity index (χ4n) is 2.27. The van der Waals surface area contributed by atoms with Gasteiger partial charge in [-0.05, 0) is 42.6 Å². The Hall–Kier alpha value is -0.640. The molecule has 2 nitrogen and oxygen atoms in total. The Morgan fingerprint density at radius 3 is 2.88 bits per heavy atom. The van der Waals surface area contributed by atoms with Crippen LogP contribution >= 0.6 is 11.6 Å². The van der Waals surface area contributed by atoms with E-state index in [1.165, 1.54) is 12.1 Å². The van der Waals surface area contributed by atoms with Crippen molar-refractivity contribution in [3.63, 3.8) is 0 Å². The van der Waals surface area contributed by atoms with Crippen LogP contribution in [0.15, 0.2) is 18.2 Å². The van der Waals surface area contributed by atoms with Crippen molar-refractivity contribution in [3.8, 4) is 0 Å². The molecule has 0 spiro atoms. The zero-order chi connectivity index (χ0) is 12.4. The van der Waals surface area contributed by atoms with Gasteiger partial charge in [-0.25, -0.2) is 4.39 Å². The molecular weight excluding hydrogens is 239 g/mol. The first-order valence-electron chi connectivity index (χ1n) is 5.97. The van der Waals surface area contributed by atoms with Gasteiger partial charge in [-0.2, -0.15) is 0 Å². The van der Waals surface area contributed by atoms with Gasteiger partial charge in [0, 0.05) is 24.2 Å². The fraction of sp³-hybridized carbons (Fsp3) is 0.538. The predicted octanol–water partition coefficient (Wildman–Crippen LogP) is 2.65. The second-order valence-corrected chi connectivity index (χ2v) is 5.38. The first kappa shape index (κ1) is 12.8. The molecule has 17 heavy (non-hydrogen) atoms. The first-order chi connectivity index (χ1) is 8.04. The van der Waals surface area contributed by atoms with Crippen molar-refractivity contribution in [2.75, 3.05) is 13.1 Å². The number of likely N-dealkylation sites (tertiary alicyclic amines) is 1. The van der Waals surface area contributed by atoms with E-state index in [1.54, 1.807) is 0 Å². The third kappa shape index (κ3) is 3.41. The molecule has 2 unspecified atom stereocenters. The molecule has 0 aromatic heterocycles. The van der Waals surface area contributed by atoms with Crippen molar-refractivity contribution >= 4 is 11.6 Å². The van der Waals surface area contributed by atoms with Crippen molar-refractivity contribution in [1.82, 2.24) is 4.90 Å². The van der Waals surface area contributed by atoms with Crippen LogP contribution in [0, 0.1) is 11.7 Å². The molecule has 2 rings (SSSR count). The molecule has 1 aliphatic rings. The molecule has 2 atom stereocenters. The van der Waals surface area contributed by atoms with Gasteiger partial charge in [0.25, 0.3) is 0 Å². The van der Waals surface area contributed by atoms with Crippen LogP contribution in [-0.4, -0.2) is 24.0 Å². The highest BCUT2D eigenvalue weighted by Crippen LogP contribution is 2.20. The van der Waals surface area contributed by atoms with Crippen LogP contribution in [-0.2, 0) is 6.54 Å². The summed E-state index contributed by atoms with van der Waals surface area (Å²) in [7, 11) is 0. The smallest absolute Gasteiger partial charge is 0.125 e. The zero-order valence-corrected chi connectivity index (χ0v) is 10.8. The van der Waals surface area contributed by atoms with Crippen molar-refractivity contribution in [2.24, 2.45) is 11.7 Å². The fourth-order valence-corrected chi connectivity index (χ4v) is 2.52. The van der Waals surface area contributed by atoms with Crippen LogP contribution in [0.2, 0.25) is 5.02 Å². The van der Waals surface area contributed by atoms with Crippen molar-refractivity contribution in [2.45, 2.75) is 25.9 Å². The Balaban J connectivity index is 2.01. The number of rotatable bonds is 2. The second-order valence-electron chi connectivity index (χ2n) is 4.94. The molecule has 1 heterocycles. The Bertz CT molecular complexity index is 377. The highest BCUT2D eigenvalue weighted by Gasteiger charge is 2.22. The molecule has 1 fully saturated rings. The summed E-state index contributed by atoms with van der Waals surface area (Å²) in [6.45, 7) is 4.79. The van der Waals surface area contributed by atoms with Gasteiger partial charge in [0.05, 0.1) is 0 Å². The normalized spacial score (nSPS) is 26.1. The lowest BCUT2D eigenvalue weighted by Crippen LogP contribution is -2.47. The quantitative estimate of drug-likeness (QED) is 0.882. The largest absolute Gasteiger partial charge is 0.326 e. The van der Waals surface area contributed by atoms with Crippen LogP contribution in [0.3, 0.4) is 0 Å². The maximum Gasteiger partial charge on any atom is 0.125 e. The summed E-state index contributed by atoms with van der Waals surface area (Å²) in [5, 5.41) is 0.453. The molecule has 94 valence electrons. The van der Waals surface area contributed by atoms with E-state index in [9.17, 15) is 4.39 Å². The molecule has 0 bridgehead atoms. The number of hydrogen-bond acceptors (Lipinski definition) is 2. The van der Waals surface area contributed by atoms with Crippen LogP contribution in [0.1, 0.15) is 18.9 Å². The Morgan fingerprint density at radius 2 is 2.24 bits per heavy atom. The zero-order valence-electron chi connectivity index (χ0n) is 10.00. The minimum Gasteiger partial charge on any atom is -0.326 e. The Morgan fingerprint density at radius 1 is 1.47 bits per heavy atom. The van der Waals surface area contributed by atoms with Gasteiger partial charge in [0.2, 0.25) is 0 Å². The van der Waals surface area contributed by atoms with Crippen LogP contribution in [0.5, 0.6) is 0 Å². The summed E-state index contributed by atoms with van der Waals surface area (Å²) < 4.78 is 13.2. The average Bonchev–Trinajstić information content (AvgIpc) is 2.22. The van der Waals surface area contributed by atoms with Crippen LogP contribution < -0.4 is 5.73 Å². The topological polar surface area (TPSA) is 29.3 Å². The SMILES string of the molecule is CC1CCN(Cc2cc(F)cc(Cl)c2)CC1N. The molecule has 1 aromatic carbocycles. The van der Waals surface area contributed by atoms with Crippen molar-refractivity contribution in [1.29, 1.82) is 0 Å². The molecule has 4 heteroatoms. The number of benzene rings is 1. The summed E-state index contributed by atoms with van der Waals surface area (Å²) in [6.07, 6.45) is 1.10. The van der Waals surface area contributed by atoms with Gasteiger partial charge >= 0.3 is 0 Å². The molecule has 0 amide bonds. The summed E-state index contributed by atoms with van der Waals surface area (Å²) in [6, 6.07) is 4.89. The highest BCUT2D eigenvalue weighted by atomic mass is 35.5. The van der Waals surface area contributed by atoms with Gasteiger partial charge in [-0.1, -0.05) is 18.5 Å². The predicted molar refractivity (Wildman–Crippen MR) is 68.4 cm³/mol. The molecule has 1 aromatic rings. The van der Waals surface area contributed by atoms with E-state index in [0.717, 1.165) is 31.6 Å². The number of halogens is 2. The second kappa shape index (κ2) is 5.34. The number of hydrogen-bond donors (Lipinski definition) is 1. The van der Waals surface area contributed by atoms with Crippen LogP contribution in [0.4, 0.5) is 4.39 Å². The number of nitrogens with zero attached hydrogens (tertiary/aromatic N) is 1. The van der Waals surface area contributed by atoms with E-state index in [4.69, 9.17) is 17.3 Å². The van der Waals surface area contributed by atoms with E-state index in [2.05, 4.69) is 11.8 Å². The summed E-state index contributed by atoms with van der Waals surface area (Å²) in [5.74, 6) is 0.296. The first-order valence-corrected chi connectivity index (χ1v) is 6.35. The molecule has 0 saturated carbocycles. The van der Waals surface area contributed by atoms with Crippen molar-refractivity contribution in [3.05, 3.63) is 34.6 Å². The summed E-state index contributed by atoms with van der Waals surface area (Å²) in [5.41, 5.74) is 6.95. The highest BCUT2D eigenvalue weighted by molar-refractivity contribution is 6.30. The van der Waals surface area contributed by atoms with Gasteiger partial charge in [0.15, 0.2) is 0 Å². The monoisotopic (exact) mass is 256 g/mol. The van der Waals surface area contributed by atoms with Crippen LogP contribution in [0.25, 0.3) is 0 Å².